The second-order valence-electron chi connectivity index (χ2n) is 3.83. The highest BCUT2D eigenvalue weighted by Crippen LogP contribution is 2.25. The van der Waals surface area contributed by atoms with Gasteiger partial charge in [-0.25, -0.2) is 4.39 Å². The number of hydrogen-bond donors (Lipinski definition) is 1. The van der Waals surface area contributed by atoms with Crippen LogP contribution < -0.4 is 5.73 Å². The van der Waals surface area contributed by atoms with E-state index in [2.05, 4.69) is 0 Å². The maximum Gasteiger partial charge on any atom is 0.126 e. The molecule has 0 spiro atoms. The summed E-state index contributed by atoms with van der Waals surface area (Å²) >= 11 is 0. The van der Waals surface area contributed by atoms with Gasteiger partial charge in [0.15, 0.2) is 0 Å². The number of benzene rings is 2. The molecule has 0 bridgehead atoms. The van der Waals surface area contributed by atoms with Crippen LogP contribution in [-0.2, 0) is 6.54 Å². The Labute approximate surface area is 94.7 Å². The van der Waals surface area contributed by atoms with Gasteiger partial charge in [0.25, 0.3) is 0 Å². The second-order valence-corrected chi connectivity index (χ2v) is 3.83. The molecule has 1 nitrogen and oxygen atoms in total. The minimum Gasteiger partial charge on any atom is -0.326 e. The summed E-state index contributed by atoms with van der Waals surface area (Å²) in [4.78, 5) is 0. The van der Waals surface area contributed by atoms with E-state index in [1.165, 1.54) is 6.07 Å². The van der Waals surface area contributed by atoms with Gasteiger partial charge in [-0.2, -0.15) is 0 Å². The summed E-state index contributed by atoms with van der Waals surface area (Å²) in [7, 11) is 0. The molecule has 82 valence electrons. The van der Waals surface area contributed by atoms with Crippen molar-refractivity contribution in [1.82, 2.24) is 0 Å². The van der Waals surface area contributed by atoms with E-state index in [1.54, 1.807) is 13.0 Å². The molecule has 0 heterocycles. The molecule has 0 atom stereocenters. The minimum absolute atomic E-state index is 0.172. The number of halogens is 1. The summed E-state index contributed by atoms with van der Waals surface area (Å²) in [6.07, 6.45) is 0. The van der Waals surface area contributed by atoms with Gasteiger partial charge in [0.2, 0.25) is 0 Å². The fourth-order valence-corrected chi connectivity index (χ4v) is 1.79. The van der Waals surface area contributed by atoms with Gasteiger partial charge >= 0.3 is 0 Å². The quantitative estimate of drug-likeness (QED) is 0.817. The van der Waals surface area contributed by atoms with Crippen molar-refractivity contribution in [3.63, 3.8) is 0 Å². The highest BCUT2D eigenvalue weighted by molar-refractivity contribution is 5.67. The van der Waals surface area contributed by atoms with E-state index in [4.69, 9.17) is 5.73 Å². The van der Waals surface area contributed by atoms with Gasteiger partial charge in [-0.05, 0) is 41.3 Å². The van der Waals surface area contributed by atoms with Gasteiger partial charge in [-0.3, -0.25) is 0 Å². The fraction of sp³-hybridized carbons (Fsp3) is 0.143. The molecule has 2 rings (SSSR count). The van der Waals surface area contributed by atoms with E-state index < -0.39 is 0 Å². The van der Waals surface area contributed by atoms with Gasteiger partial charge < -0.3 is 5.73 Å². The van der Waals surface area contributed by atoms with Gasteiger partial charge in [-0.15, -0.1) is 0 Å². The number of hydrogen-bond acceptors (Lipinski definition) is 1. The third-order valence-corrected chi connectivity index (χ3v) is 2.71. The summed E-state index contributed by atoms with van der Waals surface area (Å²) in [5.41, 5.74) is 9.51. The average Bonchev–Trinajstić information content (AvgIpc) is 2.32. The summed E-state index contributed by atoms with van der Waals surface area (Å²) < 4.78 is 13.2. The Morgan fingerprint density at radius 3 is 2.56 bits per heavy atom. The summed E-state index contributed by atoms with van der Waals surface area (Å²) in [6, 6.07) is 13.1. The lowest BCUT2D eigenvalue weighted by Gasteiger charge is -2.08. The standard InChI is InChI=1S/C14H14FN/c1-10-8-11(6-7-14(10)15)13-5-3-2-4-12(13)9-16/h2-8H,9,16H2,1H3. The van der Waals surface area contributed by atoms with Crippen LogP contribution in [0.5, 0.6) is 0 Å². The van der Waals surface area contributed by atoms with Crippen LogP contribution in [0.15, 0.2) is 42.5 Å². The minimum atomic E-state index is -0.172. The molecule has 0 amide bonds. The lowest BCUT2D eigenvalue weighted by atomic mass is 9.98. The van der Waals surface area contributed by atoms with E-state index >= 15 is 0 Å². The molecule has 0 aromatic heterocycles. The van der Waals surface area contributed by atoms with Gasteiger partial charge in [0.1, 0.15) is 5.82 Å². The van der Waals surface area contributed by atoms with Crippen molar-refractivity contribution in [2.75, 3.05) is 0 Å². The van der Waals surface area contributed by atoms with E-state index in [-0.39, 0.29) is 5.82 Å². The van der Waals surface area contributed by atoms with Gasteiger partial charge in [-0.1, -0.05) is 30.3 Å². The molecular formula is C14H14FN. The molecule has 0 aliphatic rings. The van der Waals surface area contributed by atoms with Crippen LogP contribution in [0.25, 0.3) is 11.1 Å². The molecule has 0 radical (unpaired) electrons. The Morgan fingerprint density at radius 2 is 1.88 bits per heavy atom. The van der Waals surface area contributed by atoms with Crippen molar-refractivity contribution in [2.45, 2.75) is 13.5 Å². The number of rotatable bonds is 2. The zero-order valence-electron chi connectivity index (χ0n) is 9.20. The molecule has 0 aliphatic heterocycles. The normalized spacial score (nSPS) is 10.4. The molecule has 0 saturated carbocycles. The molecule has 2 N–H and O–H groups in total. The monoisotopic (exact) mass is 215 g/mol. The molecule has 0 fully saturated rings. The maximum absolute atomic E-state index is 13.2. The number of aryl methyl sites for hydroxylation is 1. The largest absolute Gasteiger partial charge is 0.326 e. The molecule has 0 saturated heterocycles. The average molecular weight is 215 g/mol. The Kier molecular flexibility index (Phi) is 3.02. The van der Waals surface area contributed by atoms with Crippen LogP contribution in [0.2, 0.25) is 0 Å². The summed E-state index contributed by atoms with van der Waals surface area (Å²) in [5.74, 6) is -0.172. The predicted molar refractivity (Wildman–Crippen MR) is 64.5 cm³/mol. The Balaban J connectivity index is 2.54. The third kappa shape index (κ3) is 1.97. The highest BCUT2D eigenvalue weighted by atomic mass is 19.1. The molecular weight excluding hydrogens is 201 g/mol. The first-order valence-electron chi connectivity index (χ1n) is 5.27. The van der Waals surface area contributed by atoms with Crippen molar-refractivity contribution in [3.05, 3.63) is 59.4 Å². The first-order chi connectivity index (χ1) is 7.72. The zero-order chi connectivity index (χ0) is 11.5. The van der Waals surface area contributed by atoms with Crippen LogP contribution >= 0.6 is 0 Å². The zero-order valence-corrected chi connectivity index (χ0v) is 9.20. The van der Waals surface area contributed by atoms with Crippen molar-refractivity contribution in [3.8, 4) is 11.1 Å². The van der Waals surface area contributed by atoms with Crippen LogP contribution in [0, 0.1) is 12.7 Å². The number of nitrogens with two attached hydrogens (primary N) is 1. The van der Waals surface area contributed by atoms with E-state index in [0.717, 1.165) is 16.7 Å². The SMILES string of the molecule is Cc1cc(-c2ccccc2CN)ccc1F. The topological polar surface area (TPSA) is 26.0 Å². The van der Waals surface area contributed by atoms with E-state index in [0.29, 0.717) is 12.1 Å². The smallest absolute Gasteiger partial charge is 0.126 e. The molecule has 0 unspecified atom stereocenters. The van der Waals surface area contributed by atoms with Crippen molar-refractivity contribution in [1.29, 1.82) is 0 Å². The first-order valence-corrected chi connectivity index (χ1v) is 5.27. The van der Waals surface area contributed by atoms with E-state index in [9.17, 15) is 4.39 Å². The van der Waals surface area contributed by atoms with Crippen molar-refractivity contribution >= 4 is 0 Å². The van der Waals surface area contributed by atoms with Crippen LogP contribution in [0.1, 0.15) is 11.1 Å². The highest BCUT2D eigenvalue weighted by Gasteiger charge is 2.05. The van der Waals surface area contributed by atoms with Crippen LogP contribution in [0.4, 0.5) is 4.39 Å². The summed E-state index contributed by atoms with van der Waals surface area (Å²) in [5, 5.41) is 0. The fourth-order valence-electron chi connectivity index (χ4n) is 1.79. The lowest BCUT2D eigenvalue weighted by molar-refractivity contribution is 0.619. The predicted octanol–water partition coefficient (Wildman–Crippen LogP) is 3.26. The Hall–Kier alpha value is -1.67. The lowest BCUT2D eigenvalue weighted by Crippen LogP contribution is -1.98. The van der Waals surface area contributed by atoms with Gasteiger partial charge in [0.05, 0.1) is 0 Å². The van der Waals surface area contributed by atoms with Crippen molar-refractivity contribution in [2.24, 2.45) is 5.73 Å². The summed E-state index contributed by atoms with van der Waals surface area (Å²) in [6.45, 7) is 2.26. The maximum atomic E-state index is 13.2. The van der Waals surface area contributed by atoms with Gasteiger partial charge in [0, 0.05) is 6.54 Å². The third-order valence-electron chi connectivity index (χ3n) is 2.71. The van der Waals surface area contributed by atoms with E-state index in [1.807, 2.05) is 30.3 Å². The first kappa shape index (κ1) is 10.8. The second kappa shape index (κ2) is 4.45. The molecule has 2 aromatic rings. The molecule has 0 aliphatic carbocycles. The molecule has 2 aromatic carbocycles. The molecule has 16 heavy (non-hydrogen) atoms. The Morgan fingerprint density at radius 1 is 1.12 bits per heavy atom. The Bertz CT molecular complexity index is 506. The van der Waals surface area contributed by atoms with Crippen molar-refractivity contribution < 1.29 is 4.39 Å². The molecule has 2 heteroatoms. The van der Waals surface area contributed by atoms with Crippen LogP contribution in [0.3, 0.4) is 0 Å². The van der Waals surface area contributed by atoms with Crippen LogP contribution in [-0.4, -0.2) is 0 Å².